The largest absolute Gasteiger partial charge is 0.496 e. The molecule has 0 aliphatic heterocycles. The van der Waals surface area contributed by atoms with Crippen molar-refractivity contribution in [3.8, 4) is 17.6 Å². The molecule has 0 saturated heterocycles. The summed E-state index contributed by atoms with van der Waals surface area (Å²) in [6, 6.07) is 12.1. The first-order valence-corrected chi connectivity index (χ1v) is 7.36. The lowest BCUT2D eigenvalue weighted by Gasteiger charge is -2.09. The van der Waals surface area contributed by atoms with Crippen molar-refractivity contribution in [3.63, 3.8) is 0 Å². The number of aliphatic hydroxyl groups excluding tert-OH is 1. The monoisotopic (exact) mass is 302 g/mol. The third-order valence-electron chi connectivity index (χ3n) is 2.80. The highest BCUT2D eigenvalue weighted by atomic mass is 32.2. The molecule has 2 aromatic rings. The Bertz CT molecular complexity index is 657. The van der Waals surface area contributed by atoms with Gasteiger partial charge >= 0.3 is 0 Å². The molecule has 108 valence electrons. The molecule has 4 heteroatoms. The Morgan fingerprint density at radius 2 is 1.95 bits per heavy atom. The molecule has 2 rings (SSSR count). The van der Waals surface area contributed by atoms with Crippen LogP contribution in [0.5, 0.6) is 5.75 Å². The average Bonchev–Trinajstić information content (AvgIpc) is 2.52. The first-order chi connectivity index (χ1) is 10.2. The average molecular weight is 302 g/mol. The summed E-state index contributed by atoms with van der Waals surface area (Å²) in [5.74, 6) is 6.75. The van der Waals surface area contributed by atoms with Crippen molar-refractivity contribution in [2.45, 2.75) is 10.6 Å². The summed E-state index contributed by atoms with van der Waals surface area (Å²) in [5.41, 5.74) is 1.84. The van der Waals surface area contributed by atoms with E-state index in [1.807, 2.05) is 18.2 Å². The van der Waals surface area contributed by atoms with E-state index in [2.05, 4.69) is 11.8 Å². The van der Waals surface area contributed by atoms with Crippen molar-refractivity contribution in [1.29, 1.82) is 0 Å². The SMILES string of the molecule is COc1ccc(C#CCO)cc1CSc1ccc(F)cc1. The minimum absolute atomic E-state index is 0.161. The van der Waals surface area contributed by atoms with E-state index in [0.717, 1.165) is 21.8 Å². The van der Waals surface area contributed by atoms with Gasteiger partial charge in [0, 0.05) is 21.8 Å². The van der Waals surface area contributed by atoms with Gasteiger partial charge in [0.25, 0.3) is 0 Å². The lowest BCUT2D eigenvalue weighted by molar-refractivity contribution is 0.350. The Hall–Kier alpha value is -1.96. The number of ether oxygens (including phenoxy) is 1. The highest BCUT2D eigenvalue weighted by Gasteiger charge is 2.05. The van der Waals surface area contributed by atoms with Gasteiger partial charge in [-0.1, -0.05) is 11.8 Å². The molecular weight excluding hydrogens is 287 g/mol. The number of rotatable bonds is 4. The summed E-state index contributed by atoms with van der Waals surface area (Å²) in [4.78, 5) is 0.991. The summed E-state index contributed by atoms with van der Waals surface area (Å²) < 4.78 is 18.2. The van der Waals surface area contributed by atoms with Crippen LogP contribution in [0.4, 0.5) is 4.39 Å². The molecule has 21 heavy (non-hydrogen) atoms. The topological polar surface area (TPSA) is 29.5 Å². The minimum atomic E-state index is -0.238. The Labute approximate surface area is 128 Å². The maximum atomic E-state index is 12.9. The van der Waals surface area contributed by atoms with Gasteiger partial charge in [0.05, 0.1) is 7.11 Å². The molecule has 0 bridgehead atoms. The van der Waals surface area contributed by atoms with Gasteiger partial charge < -0.3 is 9.84 Å². The maximum Gasteiger partial charge on any atom is 0.123 e. The van der Waals surface area contributed by atoms with E-state index >= 15 is 0 Å². The molecule has 0 aromatic heterocycles. The van der Waals surface area contributed by atoms with Gasteiger partial charge in [0.15, 0.2) is 0 Å². The second kappa shape index (κ2) is 7.72. The quantitative estimate of drug-likeness (QED) is 0.693. The van der Waals surface area contributed by atoms with Crippen LogP contribution in [0.15, 0.2) is 47.4 Å². The van der Waals surface area contributed by atoms with Gasteiger partial charge in [-0.3, -0.25) is 0 Å². The molecule has 0 spiro atoms. The molecule has 0 saturated carbocycles. The Balaban J connectivity index is 2.15. The fourth-order valence-corrected chi connectivity index (χ4v) is 2.68. The lowest BCUT2D eigenvalue weighted by atomic mass is 10.1. The van der Waals surface area contributed by atoms with E-state index in [4.69, 9.17) is 9.84 Å². The lowest BCUT2D eigenvalue weighted by Crippen LogP contribution is -1.92. The second-order valence-electron chi connectivity index (χ2n) is 4.23. The smallest absolute Gasteiger partial charge is 0.123 e. The van der Waals surface area contributed by atoms with E-state index < -0.39 is 0 Å². The number of methoxy groups -OCH3 is 1. The van der Waals surface area contributed by atoms with Crippen LogP contribution in [0.25, 0.3) is 0 Å². The number of aliphatic hydroxyl groups is 1. The Kier molecular flexibility index (Phi) is 5.68. The van der Waals surface area contributed by atoms with E-state index in [1.54, 1.807) is 31.0 Å². The van der Waals surface area contributed by atoms with Crippen LogP contribution < -0.4 is 4.74 Å². The van der Waals surface area contributed by atoms with Crippen molar-refractivity contribution in [1.82, 2.24) is 0 Å². The van der Waals surface area contributed by atoms with Gasteiger partial charge in [-0.25, -0.2) is 4.39 Å². The zero-order valence-corrected chi connectivity index (χ0v) is 12.4. The normalized spacial score (nSPS) is 9.86. The fourth-order valence-electron chi connectivity index (χ4n) is 1.80. The standard InChI is InChI=1S/C17H15FO2S/c1-20-17-9-4-13(3-2-10-19)11-14(17)12-21-16-7-5-15(18)6-8-16/h4-9,11,19H,10,12H2,1H3. The Morgan fingerprint density at radius 1 is 1.19 bits per heavy atom. The third-order valence-corrected chi connectivity index (χ3v) is 3.86. The Morgan fingerprint density at radius 3 is 2.62 bits per heavy atom. The molecule has 0 unspecified atom stereocenters. The van der Waals surface area contributed by atoms with Crippen molar-refractivity contribution < 1.29 is 14.2 Å². The van der Waals surface area contributed by atoms with Crippen molar-refractivity contribution in [2.24, 2.45) is 0 Å². The van der Waals surface area contributed by atoms with Gasteiger partial charge in [-0.05, 0) is 42.5 Å². The molecule has 0 radical (unpaired) electrons. The number of hydrogen-bond acceptors (Lipinski definition) is 3. The number of thioether (sulfide) groups is 1. The molecule has 0 fully saturated rings. The summed E-state index contributed by atoms with van der Waals surface area (Å²) in [6.07, 6.45) is 0. The van der Waals surface area contributed by atoms with Gasteiger partial charge in [0.1, 0.15) is 18.2 Å². The van der Waals surface area contributed by atoms with Crippen molar-refractivity contribution in [2.75, 3.05) is 13.7 Å². The molecule has 1 N–H and O–H groups in total. The first kappa shape index (κ1) is 15.4. The van der Waals surface area contributed by atoms with Crippen LogP contribution in [0.1, 0.15) is 11.1 Å². The predicted molar refractivity (Wildman–Crippen MR) is 82.9 cm³/mol. The number of halogens is 1. The molecule has 0 amide bonds. The van der Waals surface area contributed by atoms with Gasteiger partial charge in [0.2, 0.25) is 0 Å². The van der Waals surface area contributed by atoms with Crippen LogP contribution >= 0.6 is 11.8 Å². The molecule has 0 aliphatic carbocycles. The molecule has 0 atom stereocenters. The van der Waals surface area contributed by atoms with Crippen LogP contribution in [-0.4, -0.2) is 18.8 Å². The van der Waals surface area contributed by atoms with E-state index in [-0.39, 0.29) is 12.4 Å². The van der Waals surface area contributed by atoms with E-state index in [0.29, 0.717) is 5.75 Å². The number of benzene rings is 2. The second-order valence-corrected chi connectivity index (χ2v) is 5.28. The van der Waals surface area contributed by atoms with Crippen molar-refractivity contribution >= 4 is 11.8 Å². The maximum absolute atomic E-state index is 12.9. The first-order valence-electron chi connectivity index (χ1n) is 6.38. The third kappa shape index (κ3) is 4.52. The van der Waals surface area contributed by atoms with Crippen LogP contribution in [0.2, 0.25) is 0 Å². The van der Waals surface area contributed by atoms with E-state index in [9.17, 15) is 4.39 Å². The minimum Gasteiger partial charge on any atom is -0.496 e. The highest BCUT2D eigenvalue weighted by molar-refractivity contribution is 7.98. The van der Waals surface area contributed by atoms with Crippen LogP contribution in [-0.2, 0) is 5.75 Å². The predicted octanol–water partition coefficient (Wildman–Crippen LogP) is 3.47. The fraction of sp³-hybridized carbons (Fsp3) is 0.176. The summed E-state index contributed by atoms with van der Waals surface area (Å²) in [7, 11) is 1.63. The highest BCUT2D eigenvalue weighted by Crippen LogP contribution is 2.28. The van der Waals surface area contributed by atoms with Crippen molar-refractivity contribution in [3.05, 3.63) is 59.4 Å². The van der Waals surface area contributed by atoms with Crippen LogP contribution in [0.3, 0.4) is 0 Å². The van der Waals surface area contributed by atoms with Gasteiger partial charge in [-0.2, -0.15) is 0 Å². The zero-order chi connectivity index (χ0) is 15.1. The molecule has 0 aliphatic rings. The molecular formula is C17H15FO2S. The molecule has 0 heterocycles. The summed E-state index contributed by atoms with van der Waals surface area (Å²) in [6.45, 7) is -0.161. The zero-order valence-electron chi connectivity index (χ0n) is 11.6. The molecule has 2 aromatic carbocycles. The van der Waals surface area contributed by atoms with E-state index in [1.165, 1.54) is 12.1 Å². The summed E-state index contributed by atoms with van der Waals surface area (Å²) >= 11 is 1.60. The summed E-state index contributed by atoms with van der Waals surface area (Å²) in [5, 5.41) is 8.74. The number of hydrogen-bond donors (Lipinski definition) is 1. The van der Waals surface area contributed by atoms with Crippen LogP contribution in [0, 0.1) is 17.7 Å². The van der Waals surface area contributed by atoms with Gasteiger partial charge in [-0.15, -0.1) is 11.8 Å². The molecule has 2 nitrogen and oxygen atoms in total.